The standard InChI is InChI=1S/C19H13F2NO/c1-19(11-17(20)21)14-8-4-3-7-13(14)16-10-12-6-2-5-9-15(12)22(16)18(19)23/h2-11H,1H3. The maximum atomic E-state index is 13.1. The minimum absolute atomic E-state index is 0.361. The fourth-order valence-corrected chi connectivity index (χ4v) is 3.44. The van der Waals surface area contributed by atoms with E-state index >= 15 is 0 Å². The number of benzene rings is 2. The maximum absolute atomic E-state index is 13.1. The predicted molar refractivity (Wildman–Crippen MR) is 85.7 cm³/mol. The molecule has 0 saturated carbocycles. The molecule has 0 aliphatic carbocycles. The molecule has 0 spiro atoms. The van der Waals surface area contributed by atoms with E-state index < -0.39 is 11.5 Å². The lowest BCUT2D eigenvalue weighted by atomic mass is 9.76. The van der Waals surface area contributed by atoms with Gasteiger partial charge in [-0.3, -0.25) is 9.36 Å². The third-order valence-corrected chi connectivity index (χ3v) is 4.52. The summed E-state index contributed by atoms with van der Waals surface area (Å²) in [6, 6.07) is 16.7. The first-order chi connectivity index (χ1) is 11.0. The largest absolute Gasteiger partial charge is 0.279 e. The van der Waals surface area contributed by atoms with Gasteiger partial charge in [0.25, 0.3) is 6.08 Å². The Bertz CT molecular complexity index is 982. The van der Waals surface area contributed by atoms with E-state index in [2.05, 4.69) is 0 Å². The van der Waals surface area contributed by atoms with Crippen molar-refractivity contribution in [3.63, 3.8) is 0 Å². The lowest BCUT2D eigenvalue weighted by Crippen LogP contribution is -2.39. The van der Waals surface area contributed by atoms with Gasteiger partial charge in [-0.25, -0.2) is 0 Å². The SMILES string of the molecule is CC1(C=C(F)F)C(=O)n2c(cc3ccccc32)-c2ccccc21. The number of fused-ring (bicyclic) bond motifs is 5. The van der Waals surface area contributed by atoms with Gasteiger partial charge in [-0.2, -0.15) is 8.78 Å². The average Bonchev–Trinajstić information content (AvgIpc) is 2.92. The molecule has 0 radical (unpaired) electrons. The first kappa shape index (κ1) is 13.9. The molecular weight excluding hydrogens is 296 g/mol. The molecule has 0 fully saturated rings. The highest BCUT2D eigenvalue weighted by Crippen LogP contribution is 2.44. The summed E-state index contributed by atoms with van der Waals surface area (Å²) in [5.74, 6) is -0.361. The summed E-state index contributed by atoms with van der Waals surface area (Å²) in [6.45, 7) is 1.55. The number of nitrogens with zero attached hydrogens (tertiary/aromatic N) is 1. The van der Waals surface area contributed by atoms with Crippen LogP contribution in [0.5, 0.6) is 0 Å². The van der Waals surface area contributed by atoms with Crippen LogP contribution in [0.25, 0.3) is 22.2 Å². The van der Waals surface area contributed by atoms with E-state index in [9.17, 15) is 13.6 Å². The van der Waals surface area contributed by atoms with Crippen LogP contribution in [0.2, 0.25) is 0 Å². The first-order valence-electron chi connectivity index (χ1n) is 7.31. The summed E-state index contributed by atoms with van der Waals surface area (Å²) in [5, 5.41) is 0.916. The molecular formula is C19H13F2NO. The monoisotopic (exact) mass is 309 g/mol. The molecule has 4 rings (SSSR count). The molecule has 114 valence electrons. The van der Waals surface area contributed by atoms with Gasteiger partial charge in [-0.15, -0.1) is 0 Å². The maximum Gasteiger partial charge on any atom is 0.267 e. The zero-order chi connectivity index (χ0) is 16.2. The zero-order valence-electron chi connectivity index (χ0n) is 12.4. The Morgan fingerprint density at radius 2 is 1.78 bits per heavy atom. The first-order valence-corrected chi connectivity index (χ1v) is 7.31. The van der Waals surface area contributed by atoms with Gasteiger partial charge in [-0.05, 0) is 24.6 Å². The molecule has 1 aliphatic heterocycles. The molecule has 1 unspecified atom stereocenters. The van der Waals surface area contributed by atoms with Gasteiger partial charge < -0.3 is 0 Å². The van der Waals surface area contributed by atoms with Crippen molar-refractivity contribution in [2.24, 2.45) is 0 Å². The predicted octanol–water partition coefficient (Wildman–Crippen LogP) is 5.00. The highest BCUT2D eigenvalue weighted by molar-refractivity contribution is 6.07. The van der Waals surface area contributed by atoms with Gasteiger partial charge in [0.2, 0.25) is 5.91 Å². The molecule has 0 saturated heterocycles. The fraction of sp³-hybridized carbons (Fsp3) is 0.105. The number of para-hydroxylation sites is 1. The molecule has 0 N–H and O–H groups in total. The Morgan fingerprint density at radius 1 is 1.09 bits per heavy atom. The van der Waals surface area contributed by atoms with Crippen molar-refractivity contribution in [1.29, 1.82) is 0 Å². The third-order valence-electron chi connectivity index (χ3n) is 4.52. The van der Waals surface area contributed by atoms with Crippen LogP contribution in [0.3, 0.4) is 0 Å². The number of rotatable bonds is 1. The van der Waals surface area contributed by atoms with E-state index in [1.165, 1.54) is 0 Å². The smallest absolute Gasteiger partial charge is 0.267 e. The van der Waals surface area contributed by atoms with Crippen LogP contribution < -0.4 is 0 Å². The van der Waals surface area contributed by atoms with Gasteiger partial charge in [-0.1, -0.05) is 42.5 Å². The number of aromatic nitrogens is 1. The van der Waals surface area contributed by atoms with Crippen molar-refractivity contribution in [3.8, 4) is 11.3 Å². The van der Waals surface area contributed by atoms with Gasteiger partial charge >= 0.3 is 0 Å². The summed E-state index contributed by atoms with van der Waals surface area (Å²) < 4.78 is 27.6. The Balaban J connectivity index is 2.15. The molecule has 2 aromatic carbocycles. The van der Waals surface area contributed by atoms with Gasteiger partial charge in [0.1, 0.15) is 0 Å². The molecule has 2 nitrogen and oxygen atoms in total. The fourth-order valence-electron chi connectivity index (χ4n) is 3.44. The number of hydrogen-bond acceptors (Lipinski definition) is 1. The van der Waals surface area contributed by atoms with E-state index in [1.54, 1.807) is 23.6 Å². The summed E-state index contributed by atoms with van der Waals surface area (Å²) in [5.41, 5.74) is 1.51. The Morgan fingerprint density at radius 3 is 2.57 bits per heavy atom. The van der Waals surface area contributed by atoms with Gasteiger partial charge in [0, 0.05) is 17.0 Å². The van der Waals surface area contributed by atoms with Crippen LogP contribution in [-0.4, -0.2) is 10.5 Å². The lowest BCUT2D eigenvalue weighted by Gasteiger charge is -2.33. The van der Waals surface area contributed by atoms with Crippen LogP contribution in [0.1, 0.15) is 17.3 Å². The number of hydrogen-bond donors (Lipinski definition) is 0. The van der Waals surface area contributed by atoms with Crippen molar-refractivity contribution in [1.82, 2.24) is 4.57 Å². The summed E-state index contributed by atoms with van der Waals surface area (Å²) >= 11 is 0. The van der Waals surface area contributed by atoms with Crippen molar-refractivity contribution < 1.29 is 13.6 Å². The van der Waals surface area contributed by atoms with E-state index in [4.69, 9.17) is 0 Å². The van der Waals surface area contributed by atoms with E-state index in [0.29, 0.717) is 5.56 Å². The zero-order valence-corrected chi connectivity index (χ0v) is 12.4. The second kappa shape index (κ2) is 4.62. The normalized spacial score (nSPS) is 19.3. The number of carbonyl (C=O) groups excluding carboxylic acids is 1. The minimum atomic E-state index is -1.85. The Hall–Kier alpha value is -2.75. The van der Waals surface area contributed by atoms with Crippen LogP contribution >= 0.6 is 0 Å². The molecule has 1 aromatic heterocycles. The van der Waals surface area contributed by atoms with E-state index in [0.717, 1.165) is 28.2 Å². The van der Waals surface area contributed by atoms with Crippen LogP contribution in [0.15, 0.2) is 66.8 Å². The van der Waals surface area contributed by atoms with Crippen LogP contribution in [-0.2, 0) is 5.41 Å². The molecule has 23 heavy (non-hydrogen) atoms. The summed E-state index contributed by atoms with van der Waals surface area (Å²) in [4.78, 5) is 13.1. The summed E-state index contributed by atoms with van der Waals surface area (Å²) in [6.07, 6.45) is -1.10. The molecule has 2 heterocycles. The van der Waals surface area contributed by atoms with E-state index in [1.807, 2.05) is 42.5 Å². The van der Waals surface area contributed by atoms with Gasteiger partial charge in [0.15, 0.2) is 0 Å². The summed E-state index contributed by atoms with van der Waals surface area (Å²) in [7, 11) is 0. The third kappa shape index (κ3) is 1.81. The Labute approximate surface area is 131 Å². The molecule has 4 heteroatoms. The van der Waals surface area contributed by atoms with Crippen LogP contribution in [0, 0.1) is 0 Å². The molecule has 1 atom stereocenters. The topological polar surface area (TPSA) is 22.0 Å². The quantitative estimate of drug-likeness (QED) is 0.620. The number of allylic oxidation sites excluding steroid dienone is 1. The average molecular weight is 309 g/mol. The second-order valence-corrected chi connectivity index (χ2v) is 5.91. The van der Waals surface area contributed by atoms with Gasteiger partial charge in [0.05, 0.1) is 16.6 Å². The number of halogens is 2. The number of carbonyl (C=O) groups is 1. The second-order valence-electron chi connectivity index (χ2n) is 5.91. The molecule has 0 amide bonds. The van der Waals surface area contributed by atoms with Crippen molar-refractivity contribution in [3.05, 3.63) is 72.3 Å². The Kier molecular flexibility index (Phi) is 2.79. The van der Waals surface area contributed by atoms with Crippen molar-refractivity contribution in [2.45, 2.75) is 12.3 Å². The highest BCUT2D eigenvalue weighted by atomic mass is 19.3. The van der Waals surface area contributed by atoms with Crippen LogP contribution in [0.4, 0.5) is 8.78 Å². The van der Waals surface area contributed by atoms with E-state index in [-0.39, 0.29) is 5.91 Å². The van der Waals surface area contributed by atoms with Crippen molar-refractivity contribution in [2.75, 3.05) is 0 Å². The molecule has 0 bridgehead atoms. The van der Waals surface area contributed by atoms with Crippen molar-refractivity contribution >= 4 is 16.8 Å². The minimum Gasteiger partial charge on any atom is -0.279 e. The molecule has 3 aromatic rings. The molecule has 1 aliphatic rings. The lowest BCUT2D eigenvalue weighted by molar-refractivity contribution is 0.0841. The highest BCUT2D eigenvalue weighted by Gasteiger charge is 2.42.